The molecule has 0 saturated heterocycles. The van der Waals surface area contributed by atoms with Crippen LogP contribution in [-0.2, 0) is 11.3 Å². The number of halogens is 1. The number of para-hydroxylation sites is 1. The zero-order valence-corrected chi connectivity index (χ0v) is 12.1. The van der Waals surface area contributed by atoms with Gasteiger partial charge in [0, 0.05) is 25.0 Å². The van der Waals surface area contributed by atoms with E-state index in [0.717, 1.165) is 18.4 Å². The maximum atomic E-state index is 13.5. The molecule has 0 radical (unpaired) electrons. The number of rotatable bonds is 6. The fourth-order valence-corrected chi connectivity index (χ4v) is 2.28. The molecule has 0 atom stereocenters. The molecule has 1 heterocycles. The van der Waals surface area contributed by atoms with E-state index in [1.54, 1.807) is 29.4 Å². The highest BCUT2D eigenvalue weighted by Gasteiger charge is 2.32. The van der Waals surface area contributed by atoms with Gasteiger partial charge in [0.15, 0.2) is 18.2 Å². The Labute approximate surface area is 128 Å². The molecule has 0 bridgehead atoms. The number of ether oxygens (including phenoxy) is 1. The van der Waals surface area contributed by atoms with Crippen molar-refractivity contribution in [2.75, 3.05) is 6.61 Å². The van der Waals surface area contributed by atoms with Crippen molar-refractivity contribution in [3.63, 3.8) is 0 Å². The number of amides is 1. The maximum Gasteiger partial charge on any atom is 0.261 e. The van der Waals surface area contributed by atoms with Crippen LogP contribution in [0.3, 0.4) is 0 Å². The van der Waals surface area contributed by atoms with Crippen LogP contribution >= 0.6 is 0 Å². The molecule has 1 aromatic carbocycles. The predicted octanol–water partition coefficient (Wildman–Crippen LogP) is 2.79. The van der Waals surface area contributed by atoms with Gasteiger partial charge in [0.2, 0.25) is 0 Å². The minimum absolute atomic E-state index is 0.107. The van der Waals surface area contributed by atoms with Crippen LogP contribution < -0.4 is 4.74 Å². The zero-order chi connectivity index (χ0) is 15.4. The van der Waals surface area contributed by atoms with Crippen LogP contribution in [-0.4, -0.2) is 28.4 Å². The van der Waals surface area contributed by atoms with E-state index >= 15 is 0 Å². The molecule has 0 aliphatic heterocycles. The van der Waals surface area contributed by atoms with Crippen molar-refractivity contribution >= 4 is 5.91 Å². The summed E-state index contributed by atoms with van der Waals surface area (Å²) in [7, 11) is 0. The first-order valence-electron chi connectivity index (χ1n) is 7.30. The summed E-state index contributed by atoms with van der Waals surface area (Å²) >= 11 is 0. The van der Waals surface area contributed by atoms with Gasteiger partial charge in [0.1, 0.15) is 0 Å². The fraction of sp³-hybridized carbons (Fsp3) is 0.294. The summed E-state index contributed by atoms with van der Waals surface area (Å²) in [5.74, 6) is -0.472. The van der Waals surface area contributed by atoms with E-state index < -0.39 is 5.82 Å². The third kappa shape index (κ3) is 3.61. The van der Waals surface area contributed by atoms with Crippen molar-refractivity contribution in [1.82, 2.24) is 9.88 Å². The van der Waals surface area contributed by atoms with Gasteiger partial charge in [0.05, 0.1) is 0 Å². The highest BCUT2D eigenvalue weighted by atomic mass is 19.1. The van der Waals surface area contributed by atoms with Crippen LogP contribution in [0.1, 0.15) is 18.4 Å². The molecule has 1 aromatic heterocycles. The Balaban J connectivity index is 1.62. The van der Waals surface area contributed by atoms with Gasteiger partial charge in [-0.2, -0.15) is 0 Å². The molecule has 1 amide bonds. The Morgan fingerprint density at radius 3 is 2.64 bits per heavy atom. The summed E-state index contributed by atoms with van der Waals surface area (Å²) in [6.45, 7) is 0.384. The Morgan fingerprint density at radius 2 is 1.95 bits per heavy atom. The van der Waals surface area contributed by atoms with E-state index in [1.807, 2.05) is 12.1 Å². The summed E-state index contributed by atoms with van der Waals surface area (Å²) in [5.41, 5.74) is 1.03. The smallest absolute Gasteiger partial charge is 0.261 e. The largest absolute Gasteiger partial charge is 0.481 e. The standard InChI is InChI=1S/C17H17FN2O2/c18-15-3-1-2-4-16(15)22-12-17(21)20(14-5-6-14)11-13-7-9-19-10-8-13/h1-4,7-10,14H,5-6,11-12H2. The van der Waals surface area contributed by atoms with Crippen LogP contribution in [0.2, 0.25) is 0 Å². The Hall–Kier alpha value is -2.43. The topological polar surface area (TPSA) is 42.4 Å². The van der Waals surface area contributed by atoms with Gasteiger partial charge in [-0.1, -0.05) is 12.1 Å². The molecule has 0 N–H and O–H groups in total. The van der Waals surface area contributed by atoms with Gasteiger partial charge in [0.25, 0.3) is 5.91 Å². The monoisotopic (exact) mass is 300 g/mol. The van der Waals surface area contributed by atoms with Gasteiger partial charge in [-0.3, -0.25) is 9.78 Å². The molecule has 5 heteroatoms. The lowest BCUT2D eigenvalue weighted by Gasteiger charge is -2.22. The molecule has 3 rings (SSSR count). The summed E-state index contributed by atoms with van der Waals surface area (Å²) in [5, 5.41) is 0. The first kappa shape index (κ1) is 14.5. The molecule has 114 valence electrons. The molecule has 22 heavy (non-hydrogen) atoms. The molecule has 1 fully saturated rings. The lowest BCUT2D eigenvalue weighted by Crippen LogP contribution is -2.36. The van der Waals surface area contributed by atoms with Crippen LogP contribution in [0.15, 0.2) is 48.8 Å². The molecular weight excluding hydrogens is 283 g/mol. The first-order chi connectivity index (χ1) is 10.7. The van der Waals surface area contributed by atoms with Crippen molar-refractivity contribution in [3.8, 4) is 5.75 Å². The van der Waals surface area contributed by atoms with Gasteiger partial charge in [-0.25, -0.2) is 4.39 Å². The summed E-state index contributed by atoms with van der Waals surface area (Å²) in [6, 6.07) is 10.1. The molecule has 2 aromatic rings. The number of nitrogens with zero attached hydrogens (tertiary/aromatic N) is 2. The Bertz CT molecular complexity index is 644. The second-order valence-corrected chi connectivity index (χ2v) is 5.33. The quantitative estimate of drug-likeness (QED) is 0.824. The number of hydrogen-bond acceptors (Lipinski definition) is 3. The van der Waals surface area contributed by atoms with Crippen molar-refractivity contribution in [2.24, 2.45) is 0 Å². The van der Waals surface area contributed by atoms with Crippen molar-refractivity contribution in [1.29, 1.82) is 0 Å². The average Bonchev–Trinajstić information content (AvgIpc) is 3.37. The van der Waals surface area contributed by atoms with Gasteiger partial charge >= 0.3 is 0 Å². The summed E-state index contributed by atoms with van der Waals surface area (Å²) < 4.78 is 18.8. The number of carbonyl (C=O) groups is 1. The molecule has 0 spiro atoms. The molecule has 1 aliphatic carbocycles. The van der Waals surface area contributed by atoms with E-state index in [-0.39, 0.29) is 24.3 Å². The third-order valence-electron chi connectivity index (χ3n) is 3.60. The zero-order valence-electron chi connectivity index (χ0n) is 12.1. The van der Waals surface area contributed by atoms with E-state index in [0.29, 0.717) is 6.54 Å². The van der Waals surface area contributed by atoms with E-state index in [2.05, 4.69) is 4.98 Å². The number of aromatic nitrogens is 1. The minimum Gasteiger partial charge on any atom is -0.481 e. The first-order valence-corrected chi connectivity index (χ1v) is 7.30. The van der Waals surface area contributed by atoms with E-state index in [9.17, 15) is 9.18 Å². The highest BCUT2D eigenvalue weighted by Crippen LogP contribution is 2.28. The van der Waals surface area contributed by atoms with Crippen LogP contribution in [0, 0.1) is 5.82 Å². The third-order valence-corrected chi connectivity index (χ3v) is 3.60. The van der Waals surface area contributed by atoms with Crippen molar-refractivity contribution in [3.05, 3.63) is 60.2 Å². The number of benzene rings is 1. The predicted molar refractivity (Wildman–Crippen MR) is 79.7 cm³/mol. The fourth-order valence-electron chi connectivity index (χ4n) is 2.28. The average molecular weight is 300 g/mol. The molecule has 1 aliphatic rings. The highest BCUT2D eigenvalue weighted by molar-refractivity contribution is 5.78. The van der Waals surface area contributed by atoms with Gasteiger partial charge in [-0.15, -0.1) is 0 Å². The lowest BCUT2D eigenvalue weighted by molar-refractivity contribution is -0.134. The molecule has 1 saturated carbocycles. The summed E-state index contributed by atoms with van der Waals surface area (Å²) in [4.78, 5) is 18.2. The Morgan fingerprint density at radius 1 is 1.23 bits per heavy atom. The minimum atomic E-state index is -0.456. The number of hydrogen-bond donors (Lipinski definition) is 0. The van der Waals surface area contributed by atoms with Crippen LogP contribution in [0.25, 0.3) is 0 Å². The van der Waals surface area contributed by atoms with Crippen LogP contribution in [0.4, 0.5) is 4.39 Å². The van der Waals surface area contributed by atoms with Crippen molar-refractivity contribution in [2.45, 2.75) is 25.4 Å². The van der Waals surface area contributed by atoms with Gasteiger partial charge in [-0.05, 0) is 42.7 Å². The second kappa shape index (κ2) is 6.56. The molecular formula is C17H17FN2O2. The van der Waals surface area contributed by atoms with Crippen LogP contribution in [0.5, 0.6) is 5.75 Å². The molecule has 4 nitrogen and oxygen atoms in total. The normalized spacial score (nSPS) is 13.7. The molecule has 0 unspecified atom stereocenters. The lowest BCUT2D eigenvalue weighted by atomic mass is 10.2. The Kier molecular flexibility index (Phi) is 4.32. The number of carbonyl (C=O) groups excluding carboxylic acids is 1. The van der Waals surface area contributed by atoms with Gasteiger partial charge < -0.3 is 9.64 Å². The van der Waals surface area contributed by atoms with E-state index in [1.165, 1.54) is 12.1 Å². The van der Waals surface area contributed by atoms with E-state index in [4.69, 9.17) is 4.74 Å². The second-order valence-electron chi connectivity index (χ2n) is 5.33. The number of pyridine rings is 1. The summed E-state index contributed by atoms with van der Waals surface area (Å²) in [6.07, 6.45) is 5.44. The SMILES string of the molecule is O=C(COc1ccccc1F)N(Cc1ccncc1)C1CC1. The maximum absolute atomic E-state index is 13.5. The van der Waals surface area contributed by atoms with Crippen molar-refractivity contribution < 1.29 is 13.9 Å².